The zero-order chi connectivity index (χ0) is 12.4. The van der Waals surface area contributed by atoms with Gasteiger partial charge in [0.05, 0.1) is 6.10 Å². The smallest absolute Gasteiger partial charge is 0.0611 e. The van der Waals surface area contributed by atoms with Crippen LogP contribution in [0.1, 0.15) is 47.0 Å². The van der Waals surface area contributed by atoms with Gasteiger partial charge in [0.2, 0.25) is 0 Å². The Morgan fingerprint density at radius 2 is 1.75 bits per heavy atom. The van der Waals surface area contributed by atoms with Crippen LogP contribution in [0.2, 0.25) is 0 Å². The van der Waals surface area contributed by atoms with E-state index in [4.69, 9.17) is 16.3 Å². The fraction of sp³-hybridized carbons (Fsp3) is 1.00. The van der Waals surface area contributed by atoms with Crippen LogP contribution in [-0.2, 0) is 9.94 Å². The summed E-state index contributed by atoms with van der Waals surface area (Å²) in [5.74, 6) is 0.632. The van der Waals surface area contributed by atoms with Gasteiger partial charge in [-0.05, 0) is 47.0 Å². The van der Waals surface area contributed by atoms with E-state index in [0.717, 1.165) is 19.3 Å². The van der Waals surface area contributed by atoms with Gasteiger partial charge in [0, 0.05) is 23.6 Å². The predicted molar refractivity (Wildman–Crippen MR) is 65.0 cm³/mol. The number of ether oxygens (including phenoxy) is 1. The van der Waals surface area contributed by atoms with Crippen molar-refractivity contribution in [1.82, 2.24) is 5.06 Å². The van der Waals surface area contributed by atoms with Crippen LogP contribution in [0.4, 0.5) is 0 Å². The molecule has 0 bridgehead atoms. The molecule has 0 N–H and O–H groups in total. The molecule has 0 amide bonds. The molecule has 0 aliphatic carbocycles. The Morgan fingerprint density at radius 3 is 2.19 bits per heavy atom. The molecule has 0 atom stereocenters. The third-order valence-electron chi connectivity index (χ3n) is 3.19. The van der Waals surface area contributed by atoms with E-state index in [1.165, 1.54) is 5.06 Å². The zero-order valence-corrected chi connectivity index (χ0v) is 11.5. The molecule has 0 aromatic carbocycles. The first kappa shape index (κ1) is 14.2. The number of halogens is 1. The first-order valence-electron chi connectivity index (χ1n) is 5.95. The van der Waals surface area contributed by atoms with Gasteiger partial charge in [0.1, 0.15) is 0 Å². The van der Waals surface area contributed by atoms with Gasteiger partial charge < -0.3 is 4.74 Å². The maximum Gasteiger partial charge on any atom is 0.0611 e. The van der Waals surface area contributed by atoms with Gasteiger partial charge in [-0.3, -0.25) is 0 Å². The van der Waals surface area contributed by atoms with Crippen LogP contribution in [-0.4, -0.2) is 34.7 Å². The van der Waals surface area contributed by atoms with Crippen molar-refractivity contribution in [3.8, 4) is 0 Å². The van der Waals surface area contributed by atoms with Crippen LogP contribution in [0.15, 0.2) is 0 Å². The molecule has 0 unspecified atom stereocenters. The molecule has 0 spiro atoms. The average molecular weight is 249 g/mol. The van der Waals surface area contributed by atoms with E-state index < -0.39 is 0 Å². The lowest BCUT2D eigenvalue weighted by atomic mass is 9.80. The molecule has 1 fully saturated rings. The van der Waals surface area contributed by atoms with Crippen molar-refractivity contribution in [1.29, 1.82) is 0 Å². The Bertz CT molecular complexity index is 213. The molecule has 16 heavy (non-hydrogen) atoms. The van der Waals surface area contributed by atoms with Gasteiger partial charge in [-0.25, -0.2) is 0 Å². The van der Waals surface area contributed by atoms with E-state index in [2.05, 4.69) is 0 Å². The Labute approximate surface area is 104 Å². The second-order valence-corrected chi connectivity index (χ2v) is 6.24. The summed E-state index contributed by atoms with van der Waals surface area (Å²) in [7, 11) is 0. The van der Waals surface area contributed by atoms with Crippen molar-refractivity contribution in [3.05, 3.63) is 0 Å². The molecule has 1 saturated heterocycles. The predicted octanol–water partition coefficient (Wildman–Crippen LogP) is 3.00. The second-order valence-electron chi connectivity index (χ2n) is 5.86. The largest absolute Gasteiger partial charge is 0.378 e. The summed E-state index contributed by atoms with van der Waals surface area (Å²) < 4.78 is 5.79. The fourth-order valence-electron chi connectivity index (χ4n) is 2.59. The first-order chi connectivity index (χ1) is 7.29. The highest BCUT2D eigenvalue weighted by Gasteiger charge is 2.46. The van der Waals surface area contributed by atoms with Crippen molar-refractivity contribution in [2.75, 3.05) is 12.5 Å². The van der Waals surface area contributed by atoms with E-state index in [0.29, 0.717) is 12.5 Å². The third-order valence-corrected chi connectivity index (χ3v) is 3.45. The molecular weight excluding hydrogens is 226 g/mol. The van der Waals surface area contributed by atoms with Crippen LogP contribution >= 0.6 is 11.6 Å². The number of hydrogen-bond donors (Lipinski definition) is 0. The van der Waals surface area contributed by atoms with Crippen molar-refractivity contribution in [2.45, 2.75) is 64.1 Å². The molecule has 0 aromatic rings. The molecule has 4 heteroatoms. The van der Waals surface area contributed by atoms with Gasteiger partial charge in [0.15, 0.2) is 0 Å². The molecular formula is C12H23ClNO2. The van der Waals surface area contributed by atoms with Crippen molar-refractivity contribution < 1.29 is 9.94 Å². The molecule has 3 nitrogen and oxygen atoms in total. The van der Waals surface area contributed by atoms with Crippen LogP contribution < -0.4 is 0 Å². The minimum atomic E-state index is -0.340. The molecule has 1 aliphatic heterocycles. The Morgan fingerprint density at radius 1 is 1.25 bits per heavy atom. The van der Waals surface area contributed by atoms with Crippen molar-refractivity contribution in [2.24, 2.45) is 0 Å². The summed E-state index contributed by atoms with van der Waals surface area (Å²) in [6.45, 7) is 8.63. The number of piperidine rings is 1. The molecule has 0 aromatic heterocycles. The maximum absolute atomic E-state index is 12.1. The molecule has 1 rings (SSSR count). The average Bonchev–Trinajstić information content (AvgIpc) is 2.14. The normalized spacial score (nSPS) is 25.9. The maximum atomic E-state index is 12.1. The summed E-state index contributed by atoms with van der Waals surface area (Å²) >= 11 is 5.62. The van der Waals surface area contributed by atoms with Gasteiger partial charge in [0.25, 0.3) is 0 Å². The lowest BCUT2D eigenvalue weighted by Gasteiger charge is -2.49. The Balaban J connectivity index is 2.57. The number of hydroxylamine groups is 2. The molecule has 1 aliphatic rings. The van der Waals surface area contributed by atoms with E-state index in [1.807, 2.05) is 27.7 Å². The first-order valence-corrected chi connectivity index (χ1v) is 6.48. The Kier molecular flexibility index (Phi) is 4.64. The fourth-order valence-corrected chi connectivity index (χ4v) is 2.70. The molecule has 95 valence electrons. The van der Waals surface area contributed by atoms with E-state index in [1.54, 1.807) is 0 Å². The van der Waals surface area contributed by atoms with Crippen molar-refractivity contribution >= 4 is 11.6 Å². The van der Waals surface area contributed by atoms with Gasteiger partial charge in [-0.15, -0.1) is 21.9 Å². The third kappa shape index (κ3) is 3.33. The van der Waals surface area contributed by atoms with Crippen molar-refractivity contribution in [3.63, 3.8) is 0 Å². The summed E-state index contributed by atoms with van der Waals surface area (Å²) in [6, 6.07) is 0. The topological polar surface area (TPSA) is 32.4 Å². The van der Waals surface area contributed by atoms with E-state index >= 15 is 0 Å². The number of nitrogens with zero attached hydrogens (tertiary/aromatic N) is 1. The highest BCUT2D eigenvalue weighted by atomic mass is 35.5. The number of rotatable bonds is 4. The molecule has 1 radical (unpaired) electrons. The summed E-state index contributed by atoms with van der Waals surface area (Å²) in [4.78, 5) is 0. The summed E-state index contributed by atoms with van der Waals surface area (Å²) in [5.41, 5.74) is -0.680. The quantitative estimate of drug-likeness (QED) is 0.566. The molecule has 0 saturated carbocycles. The van der Waals surface area contributed by atoms with E-state index in [9.17, 15) is 5.21 Å². The number of alkyl halides is 1. The SMILES string of the molecule is CC1(C)CC(OCCCCl)CC(C)(C)N1[O]. The lowest BCUT2D eigenvalue weighted by molar-refractivity contribution is -0.301. The summed E-state index contributed by atoms with van der Waals surface area (Å²) in [5, 5.41) is 13.3. The number of hydrogen-bond acceptors (Lipinski definition) is 2. The van der Waals surface area contributed by atoms with Gasteiger partial charge in [-0.2, -0.15) is 0 Å². The lowest BCUT2D eigenvalue weighted by Crippen LogP contribution is -2.59. The summed E-state index contributed by atoms with van der Waals surface area (Å²) in [6.07, 6.45) is 2.64. The highest BCUT2D eigenvalue weighted by Crippen LogP contribution is 2.38. The van der Waals surface area contributed by atoms with E-state index in [-0.39, 0.29) is 17.2 Å². The van der Waals surface area contributed by atoms with Crippen LogP contribution in [0.25, 0.3) is 0 Å². The van der Waals surface area contributed by atoms with Crippen LogP contribution in [0.3, 0.4) is 0 Å². The zero-order valence-electron chi connectivity index (χ0n) is 10.8. The Hall–Kier alpha value is 0.170. The van der Waals surface area contributed by atoms with Crippen LogP contribution in [0, 0.1) is 0 Å². The van der Waals surface area contributed by atoms with Gasteiger partial charge >= 0.3 is 0 Å². The standard InChI is InChI=1S/C12H23ClNO2/c1-11(2)8-10(16-7-5-6-13)9-12(3,4)14(11)15/h10H,5-9H2,1-4H3. The molecule has 1 heterocycles. The van der Waals surface area contributed by atoms with Crippen LogP contribution in [0.5, 0.6) is 0 Å². The monoisotopic (exact) mass is 248 g/mol. The second kappa shape index (κ2) is 5.21. The highest BCUT2D eigenvalue weighted by molar-refractivity contribution is 6.17. The minimum absolute atomic E-state index is 0.179. The van der Waals surface area contributed by atoms with Gasteiger partial charge in [-0.1, -0.05) is 0 Å². The minimum Gasteiger partial charge on any atom is -0.378 e.